The van der Waals surface area contributed by atoms with Crippen LogP contribution in [-0.2, 0) is 4.79 Å². The third-order valence-corrected chi connectivity index (χ3v) is 3.91. The summed E-state index contributed by atoms with van der Waals surface area (Å²) in [6.45, 7) is 0. The average molecular weight is 345 g/mol. The Bertz CT molecular complexity index is 764. The monoisotopic (exact) mass is 344 g/mol. The number of aromatic nitrogens is 1. The molecule has 1 unspecified atom stereocenters. The summed E-state index contributed by atoms with van der Waals surface area (Å²) in [7, 11) is 1.55. The fourth-order valence-corrected chi connectivity index (χ4v) is 2.72. The molecule has 2 heterocycles. The molecule has 6 heteroatoms. The van der Waals surface area contributed by atoms with Crippen molar-refractivity contribution in [3.8, 4) is 5.75 Å². The van der Waals surface area contributed by atoms with E-state index >= 15 is 0 Å². The Kier molecular flexibility index (Phi) is 4.91. The first kappa shape index (κ1) is 16.2. The number of halogens is 1. The van der Waals surface area contributed by atoms with Gasteiger partial charge in [0.1, 0.15) is 11.5 Å². The number of nitrogens with one attached hydrogen (secondary N) is 1. The number of anilines is 1. The highest BCUT2D eigenvalue weighted by Gasteiger charge is 2.20. The van der Waals surface area contributed by atoms with Gasteiger partial charge >= 0.3 is 0 Å². The van der Waals surface area contributed by atoms with E-state index in [2.05, 4.69) is 5.32 Å². The highest BCUT2D eigenvalue weighted by molar-refractivity contribution is 6.31. The Labute approximate surface area is 144 Å². The molecule has 24 heavy (non-hydrogen) atoms. The lowest BCUT2D eigenvalue weighted by molar-refractivity contribution is -0.116. The van der Waals surface area contributed by atoms with Crippen molar-refractivity contribution in [2.24, 2.45) is 0 Å². The van der Waals surface area contributed by atoms with E-state index in [1.807, 2.05) is 41.2 Å². The van der Waals surface area contributed by atoms with E-state index in [1.165, 1.54) is 0 Å². The van der Waals surface area contributed by atoms with E-state index < -0.39 is 0 Å². The van der Waals surface area contributed by atoms with Crippen molar-refractivity contribution in [1.82, 2.24) is 4.57 Å². The van der Waals surface area contributed by atoms with Gasteiger partial charge in [-0.25, -0.2) is 0 Å². The molecule has 5 nitrogen and oxygen atoms in total. The van der Waals surface area contributed by atoms with Crippen LogP contribution in [0.4, 0.5) is 5.69 Å². The van der Waals surface area contributed by atoms with Gasteiger partial charge in [-0.1, -0.05) is 11.6 Å². The minimum Gasteiger partial charge on any atom is -0.495 e. The molecule has 3 aromatic rings. The summed E-state index contributed by atoms with van der Waals surface area (Å²) in [6.07, 6.45) is 5.63. The standard InChI is InChI=1S/C18H17ClN2O3/c1-23-16-7-6-13(19)11-14(16)20-18(22)12-15(17-5-4-10-24-17)21-8-2-3-9-21/h2-11,15H,12H2,1H3,(H,20,22). The van der Waals surface area contributed by atoms with Crippen molar-refractivity contribution < 1.29 is 13.9 Å². The number of ether oxygens (including phenoxy) is 1. The molecular weight excluding hydrogens is 328 g/mol. The number of hydrogen-bond donors (Lipinski definition) is 1. The summed E-state index contributed by atoms with van der Waals surface area (Å²) in [4.78, 5) is 12.5. The smallest absolute Gasteiger partial charge is 0.227 e. The van der Waals surface area contributed by atoms with E-state index in [-0.39, 0.29) is 18.4 Å². The number of methoxy groups -OCH3 is 1. The Morgan fingerprint density at radius 3 is 2.75 bits per heavy atom. The molecule has 1 atom stereocenters. The fraction of sp³-hybridized carbons (Fsp3) is 0.167. The van der Waals surface area contributed by atoms with Gasteiger partial charge in [-0.05, 0) is 42.5 Å². The van der Waals surface area contributed by atoms with E-state index in [4.69, 9.17) is 20.8 Å². The molecule has 124 valence electrons. The van der Waals surface area contributed by atoms with Gasteiger partial charge in [0.25, 0.3) is 0 Å². The van der Waals surface area contributed by atoms with Crippen molar-refractivity contribution >= 4 is 23.2 Å². The number of carbonyl (C=O) groups excluding carboxylic acids is 1. The maximum atomic E-state index is 12.5. The van der Waals surface area contributed by atoms with Gasteiger partial charge in [-0.3, -0.25) is 4.79 Å². The van der Waals surface area contributed by atoms with E-state index in [0.717, 1.165) is 5.76 Å². The third kappa shape index (κ3) is 3.63. The molecule has 0 bridgehead atoms. The lowest BCUT2D eigenvalue weighted by Crippen LogP contribution is -2.19. The van der Waals surface area contributed by atoms with Crippen LogP contribution in [0.2, 0.25) is 5.02 Å². The van der Waals surface area contributed by atoms with E-state index in [0.29, 0.717) is 16.5 Å². The first-order valence-electron chi connectivity index (χ1n) is 7.46. The minimum absolute atomic E-state index is 0.161. The van der Waals surface area contributed by atoms with E-state index in [1.54, 1.807) is 31.6 Å². The second-order valence-corrected chi connectivity index (χ2v) is 5.69. The number of hydrogen-bond acceptors (Lipinski definition) is 3. The van der Waals surface area contributed by atoms with Crippen LogP contribution < -0.4 is 10.1 Å². The van der Waals surface area contributed by atoms with Gasteiger partial charge in [0, 0.05) is 17.4 Å². The van der Waals surface area contributed by atoms with Crippen LogP contribution in [-0.4, -0.2) is 17.6 Å². The maximum Gasteiger partial charge on any atom is 0.227 e. The van der Waals surface area contributed by atoms with Crippen LogP contribution in [0.25, 0.3) is 0 Å². The predicted molar refractivity (Wildman–Crippen MR) is 92.5 cm³/mol. The van der Waals surface area contributed by atoms with Crippen molar-refractivity contribution in [2.75, 3.05) is 12.4 Å². The Morgan fingerprint density at radius 1 is 1.29 bits per heavy atom. The summed E-state index contributed by atoms with van der Waals surface area (Å²) < 4.78 is 12.7. The fourth-order valence-electron chi connectivity index (χ4n) is 2.54. The SMILES string of the molecule is COc1ccc(Cl)cc1NC(=O)CC(c1ccco1)n1cccc1. The van der Waals surface area contributed by atoms with Gasteiger partial charge in [0.05, 0.1) is 31.5 Å². The van der Waals surface area contributed by atoms with Crippen LogP contribution in [0.3, 0.4) is 0 Å². The maximum absolute atomic E-state index is 12.5. The summed E-state index contributed by atoms with van der Waals surface area (Å²) >= 11 is 6.00. The second-order valence-electron chi connectivity index (χ2n) is 5.26. The van der Waals surface area contributed by atoms with Gasteiger partial charge in [0.2, 0.25) is 5.91 Å². The lowest BCUT2D eigenvalue weighted by atomic mass is 10.1. The zero-order valence-electron chi connectivity index (χ0n) is 13.1. The lowest BCUT2D eigenvalue weighted by Gasteiger charge is -2.17. The van der Waals surface area contributed by atoms with Crippen LogP contribution in [0.5, 0.6) is 5.75 Å². The molecule has 0 aliphatic rings. The van der Waals surface area contributed by atoms with Gasteiger partial charge < -0.3 is 19.0 Å². The van der Waals surface area contributed by atoms with Crippen LogP contribution in [0, 0.1) is 0 Å². The average Bonchev–Trinajstić information content (AvgIpc) is 3.27. The summed E-state index contributed by atoms with van der Waals surface area (Å²) in [5.74, 6) is 1.12. The molecule has 1 N–H and O–H groups in total. The predicted octanol–water partition coefficient (Wildman–Crippen LogP) is 4.36. The van der Waals surface area contributed by atoms with Crippen molar-refractivity contribution in [2.45, 2.75) is 12.5 Å². The Morgan fingerprint density at radius 2 is 2.08 bits per heavy atom. The molecule has 2 aromatic heterocycles. The van der Waals surface area contributed by atoms with Crippen LogP contribution in [0.15, 0.2) is 65.5 Å². The number of nitrogens with zero attached hydrogens (tertiary/aromatic N) is 1. The molecule has 1 aromatic carbocycles. The zero-order valence-corrected chi connectivity index (χ0v) is 13.9. The van der Waals surface area contributed by atoms with Crippen molar-refractivity contribution in [1.29, 1.82) is 0 Å². The van der Waals surface area contributed by atoms with E-state index in [9.17, 15) is 4.79 Å². The van der Waals surface area contributed by atoms with Crippen LogP contribution >= 0.6 is 11.6 Å². The number of rotatable bonds is 6. The second kappa shape index (κ2) is 7.27. The molecule has 0 aliphatic heterocycles. The number of carbonyl (C=O) groups is 1. The quantitative estimate of drug-likeness (QED) is 0.722. The normalized spacial score (nSPS) is 11.9. The first-order chi connectivity index (χ1) is 11.7. The molecule has 0 saturated heterocycles. The number of furan rings is 1. The highest BCUT2D eigenvalue weighted by Crippen LogP contribution is 2.29. The van der Waals surface area contributed by atoms with Gasteiger partial charge in [-0.2, -0.15) is 0 Å². The zero-order chi connectivity index (χ0) is 16.9. The van der Waals surface area contributed by atoms with Gasteiger partial charge in [0.15, 0.2) is 0 Å². The number of benzene rings is 1. The first-order valence-corrected chi connectivity index (χ1v) is 7.84. The van der Waals surface area contributed by atoms with Crippen molar-refractivity contribution in [3.05, 3.63) is 71.9 Å². The van der Waals surface area contributed by atoms with Crippen LogP contribution in [0.1, 0.15) is 18.2 Å². The molecule has 0 spiro atoms. The molecule has 0 aliphatic carbocycles. The van der Waals surface area contributed by atoms with Gasteiger partial charge in [-0.15, -0.1) is 0 Å². The summed E-state index contributed by atoms with van der Waals surface area (Å²) in [6, 6.07) is 12.4. The molecule has 1 amide bonds. The molecule has 0 fully saturated rings. The topological polar surface area (TPSA) is 56.4 Å². The third-order valence-electron chi connectivity index (χ3n) is 3.67. The van der Waals surface area contributed by atoms with Crippen molar-refractivity contribution in [3.63, 3.8) is 0 Å². The molecular formula is C18H17ClN2O3. The Hall–Kier alpha value is -2.66. The molecule has 3 rings (SSSR count). The highest BCUT2D eigenvalue weighted by atomic mass is 35.5. The minimum atomic E-state index is -0.222. The largest absolute Gasteiger partial charge is 0.495 e. The Balaban J connectivity index is 1.79. The molecule has 0 radical (unpaired) electrons. The molecule has 0 saturated carbocycles. The summed E-state index contributed by atoms with van der Waals surface area (Å²) in [5.41, 5.74) is 0.542. The summed E-state index contributed by atoms with van der Waals surface area (Å²) in [5, 5.41) is 3.38. The number of amides is 1.